The molecule has 2 aliphatic rings. The maximum atomic E-state index is 12.9. The lowest BCUT2D eigenvalue weighted by Gasteiger charge is -2.13. The molecule has 0 saturated heterocycles. The van der Waals surface area contributed by atoms with Crippen molar-refractivity contribution in [1.82, 2.24) is 9.29 Å². The molecule has 9 nitrogen and oxygen atoms in total. The molecule has 1 aliphatic heterocycles. The summed E-state index contributed by atoms with van der Waals surface area (Å²) in [6, 6.07) is 12.7. The summed E-state index contributed by atoms with van der Waals surface area (Å²) in [4.78, 5) is 42.4. The molecule has 1 saturated carbocycles. The molecule has 1 fully saturated rings. The summed E-state index contributed by atoms with van der Waals surface area (Å²) < 4.78 is 31.8. The van der Waals surface area contributed by atoms with Crippen LogP contribution in [0.5, 0.6) is 0 Å². The van der Waals surface area contributed by atoms with E-state index in [1.165, 1.54) is 18.2 Å². The number of nitrogens with one attached hydrogen (secondary N) is 1. The topological polar surface area (TPSA) is 123 Å². The van der Waals surface area contributed by atoms with Gasteiger partial charge in [0, 0.05) is 17.2 Å². The standard InChI is InChI=1S/C23H19N3O6S2/c1-2-32-22(29)19-18(13-6-4-3-5-7-13)24-23(33-19)25-20(27)14-8-11-16-17(12-14)34(30,31)26(21(16)28)15-9-10-15/h3-8,11-12,15H,2,9-10H2,1H3,(H,24,25,27). The van der Waals surface area contributed by atoms with Gasteiger partial charge in [-0.3, -0.25) is 14.9 Å². The van der Waals surface area contributed by atoms with Gasteiger partial charge in [0.15, 0.2) is 5.13 Å². The van der Waals surface area contributed by atoms with Crippen LogP contribution in [0.25, 0.3) is 11.3 Å². The van der Waals surface area contributed by atoms with E-state index < -0.39 is 27.8 Å². The number of sulfonamides is 1. The SMILES string of the molecule is CCOC(=O)c1sc(NC(=O)c2ccc3c(c2)S(=O)(=O)N(C2CC2)C3=O)nc1-c1ccccc1. The average Bonchev–Trinajstić information content (AvgIpc) is 3.52. The van der Waals surface area contributed by atoms with Gasteiger partial charge in [-0.1, -0.05) is 41.7 Å². The van der Waals surface area contributed by atoms with Crippen LogP contribution >= 0.6 is 11.3 Å². The van der Waals surface area contributed by atoms with Gasteiger partial charge >= 0.3 is 5.97 Å². The number of nitrogens with zero attached hydrogens (tertiary/aromatic N) is 2. The van der Waals surface area contributed by atoms with Crippen molar-refractivity contribution in [2.45, 2.75) is 30.7 Å². The number of benzene rings is 2. The highest BCUT2D eigenvalue weighted by Crippen LogP contribution is 2.40. The second-order valence-electron chi connectivity index (χ2n) is 7.79. The van der Waals surface area contributed by atoms with Crippen molar-refractivity contribution in [3.63, 3.8) is 0 Å². The minimum Gasteiger partial charge on any atom is -0.462 e. The number of carbonyl (C=O) groups is 3. The largest absolute Gasteiger partial charge is 0.462 e. The van der Waals surface area contributed by atoms with Crippen LogP contribution < -0.4 is 5.32 Å². The van der Waals surface area contributed by atoms with Gasteiger partial charge < -0.3 is 4.74 Å². The highest BCUT2D eigenvalue weighted by atomic mass is 32.2. The molecule has 3 aromatic rings. The first-order valence-electron chi connectivity index (χ1n) is 10.6. The number of anilines is 1. The van der Waals surface area contributed by atoms with E-state index in [1.54, 1.807) is 31.2 Å². The minimum absolute atomic E-state index is 0.0573. The lowest BCUT2D eigenvalue weighted by atomic mass is 10.1. The van der Waals surface area contributed by atoms with E-state index in [1.807, 2.05) is 6.07 Å². The van der Waals surface area contributed by atoms with Crippen molar-refractivity contribution < 1.29 is 27.5 Å². The number of esters is 1. The molecule has 2 amide bonds. The Kier molecular flexibility index (Phi) is 5.45. The lowest BCUT2D eigenvalue weighted by Crippen LogP contribution is -2.31. The number of hydrogen-bond acceptors (Lipinski definition) is 8. The summed E-state index contributed by atoms with van der Waals surface area (Å²) in [5.41, 5.74) is 1.18. The zero-order valence-electron chi connectivity index (χ0n) is 18.0. The predicted molar refractivity (Wildman–Crippen MR) is 124 cm³/mol. The molecule has 0 radical (unpaired) electrons. The first-order valence-corrected chi connectivity index (χ1v) is 12.8. The van der Waals surface area contributed by atoms with Gasteiger partial charge in [-0.15, -0.1) is 0 Å². The van der Waals surface area contributed by atoms with Crippen molar-refractivity contribution in [1.29, 1.82) is 0 Å². The summed E-state index contributed by atoms with van der Waals surface area (Å²) in [5.74, 6) is -1.73. The van der Waals surface area contributed by atoms with Gasteiger partial charge in [-0.2, -0.15) is 0 Å². The van der Waals surface area contributed by atoms with Crippen LogP contribution in [0.4, 0.5) is 5.13 Å². The van der Waals surface area contributed by atoms with Gasteiger partial charge in [0.25, 0.3) is 21.8 Å². The number of aromatic nitrogens is 1. The lowest BCUT2D eigenvalue weighted by molar-refractivity contribution is 0.0532. The minimum atomic E-state index is -3.99. The average molecular weight is 498 g/mol. The first-order chi connectivity index (χ1) is 16.3. The molecule has 0 spiro atoms. The smallest absolute Gasteiger partial charge is 0.350 e. The molecular formula is C23H19N3O6S2. The third-order valence-corrected chi connectivity index (χ3v) is 8.27. The van der Waals surface area contributed by atoms with Crippen molar-refractivity contribution in [2.75, 3.05) is 11.9 Å². The Morgan fingerprint density at radius 3 is 2.59 bits per heavy atom. The first kappa shape index (κ1) is 22.2. The maximum absolute atomic E-state index is 12.9. The Morgan fingerprint density at radius 1 is 1.18 bits per heavy atom. The zero-order valence-corrected chi connectivity index (χ0v) is 19.6. The van der Waals surface area contributed by atoms with Gasteiger partial charge in [0.05, 0.1) is 17.9 Å². The summed E-state index contributed by atoms with van der Waals surface area (Å²) >= 11 is 0.965. The van der Waals surface area contributed by atoms with Gasteiger partial charge in [0.2, 0.25) is 0 Å². The quantitative estimate of drug-likeness (QED) is 0.517. The highest BCUT2D eigenvalue weighted by molar-refractivity contribution is 7.90. The third kappa shape index (κ3) is 3.76. The fourth-order valence-electron chi connectivity index (χ4n) is 3.73. The van der Waals surface area contributed by atoms with E-state index in [0.29, 0.717) is 24.1 Å². The zero-order chi connectivity index (χ0) is 24.0. The van der Waals surface area contributed by atoms with E-state index >= 15 is 0 Å². The number of carbonyl (C=O) groups excluding carboxylic acids is 3. The summed E-state index contributed by atoms with van der Waals surface area (Å²) in [7, 11) is -3.99. The number of rotatable bonds is 6. The second-order valence-corrected chi connectivity index (χ2v) is 10.6. The Morgan fingerprint density at radius 2 is 1.91 bits per heavy atom. The Labute approximate surface area is 199 Å². The van der Waals surface area contributed by atoms with E-state index in [0.717, 1.165) is 15.6 Å². The molecule has 11 heteroatoms. The Balaban J connectivity index is 1.45. The summed E-state index contributed by atoms with van der Waals surface area (Å²) in [5, 5.41) is 2.79. The number of ether oxygens (including phenoxy) is 1. The fourth-order valence-corrected chi connectivity index (χ4v) is 6.45. The molecule has 1 aliphatic carbocycles. The Hall–Kier alpha value is -3.57. The number of hydrogen-bond donors (Lipinski definition) is 1. The molecule has 0 atom stereocenters. The van der Waals surface area contributed by atoms with Crippen molar-refractivity contribution in [2.24, 2.45) is 0 Å². The van der Waals surface area contributed by atoms with Crippen LogP contribution in [-0.4, -0.2) is 48.1 Å². The predicted octanol–water partition coefficient (Wildman–Crippen LogP) is 3.55. The summed E-state index contributed by atoms with van der Waals surface area (Å²) in [6.45, 7) is 1.88. The number of fused-ring (bicyclic) bond motifs is 1. The van der Waals surface area contributed by atoms with E-state index in [4.69, 9.17) is 4.74 Å². The summed E-state index contributed by atoms with van der Waals surface area (Å²) in [6.07, 6.45) is 1.28. The molecule has 2 heterocycles. The molecule has 0 unspecified atom stereocenters. The normalized spacial score (nSPS) is 16.3. The molecule has 174 valence electrons. The maximum Gasteiger partial charge on any atom is 0.350 e. The second kappa shape index (κ2) is 8.33. The third-order valence-electron chi connectivity index (χ3n) is 5.45. The van der Waals surface area contributed by atoms with Crippen LogP contribution in [0.2, 0.25) is 0 Å². The molecule has 2 aromatic carbocycles. The molecule has 5 rings (SSSR count). The van der Waals surface area contributed by atoms with Gasteiger partial charge in [-0.25, -0.2) is 22.5 Å². The van der Waals surface area contributed by atoms with E-state index in [9.17, 15) is 22.8 Å². The van der Waals surface area contributed by atoms with E-state index in [2.05, 4.69) is 10.3 Å². The van der Waals surface area contributed by atoms with Crippen molar-refractivity contribution in [3.8, 4) is 11.3 Å². The highest BCUT2D eigenvalue weighted by Gasteiger charge is 2.48. The van der Waals surface area contributed by atoms with Crippen LogP contribution in [-0.2, 0) is 14.8 Å². The van der Waals surface area contributed by atoms with Crippen LogP contribution in [0.1, 0.15) is 50.2 Å². The van der Waals surface area contributed by atoms with Crippen molar-refractivity contribution >= 4 is 44.3 Å². The van der Waals surface area contributed by atoms with Crippen molar-refractivity contribution in [3.05, 3.63) is 64.5 Å². The Bertz CT molecular complexity index is 1430. The monoisotopic (exact) mass is 497 g/mol. The molecule has 1 aromatic heterocycles. The van der Waals surface area contributed by atoms with E-state index in [-0.39, 0.29) is 38.7 Å². The molecule has 34 heavy (non-hydrogen) atoms. The van der Waals surface area contributed by atoms with Crippen LogP contribution in [0, 0.1) is 0 Å². The van der Waals surface area contributed by atoms with Gasteiger partial charge in [0.1, 0.15) is 9.77 Å². The van der Waals surface area contributed by atoms with Gasteiger partial charge in [-0.05, 0) is 38.0 Å². The van der Waals surface area contributed by atoms with Crippen LogP contribution in [0.15, 0.2) is 53.4 Å². The molecule has 0 bridgehead atoms. The molecule has 1 N–H and O–H groups in total. The number of thiazole rings is 1. The fraction of sp³-hybridized carbons (Fsp3) is 0.217. The number of amides is 2. The van der Waals surface area contributed by atoms with Crippen LogP contribution in [0.3, 0.4) is 0 Å². The molecular weight excluding hydrogens is 478 g/mol.